The van der Waals surface area contributed by atoms with Crippen LogP contribution in [0.25, 0.3) is 33.4 Å². The van der Waals surface area contributed by atoms with E-state index in [4.69, 9.17) is 10.2 Å². The molecule has 1 aliphatic heterocycles. The SMILES string of the molecule is CC(=O)N1CCC(n2cc(-c3cnc(N)c4oc(-c5ccc(OC(F)(F)F)cc5)cc34)cn2)CC1. The highest BCUT2D eigenvalue weighted by Gasteiger charge is 2.31. The highest BCUT2D eigenvalue weighted by atomic mass is 19.4. The molecule has 1 amide bonds. The molecule has 4 aromatic rings. The van der Waals surface area contributed by atoms with Crippen molar-refractivity contribution < 1.29 is 27.1 Å². The maximum Gasteiger partial charge on any atom is 0.573 e. The number of nitrogens with two attached hydrogens (primary N) is 1. The number of anilines is 1. The second-order valence-corrected chi connectivity index (χ2v) is 8.43. The van der Waals surface area contributed by atoms with E-state index in [1.165, 1.54) is 24.3 Å². The molecule has 0 unspecified atom stereocenters. The van der Waals surface area contributed by atoms with Crippen LogP contribution in [-0.2, 0) is 4.79 Å². The lowest BCUT2D eigenvalue weighted by Gasteiger charge is -2.31. The fraction of sp³-hybridized carbons (Fsp3) is 0.292. The molecule has 0 saturated carbocycles. The van der Waals surface area contributed by atoms with Gasteiger partial charge in [0.1, 0.15) is 11.5 Å². The minimum absolute atomic E-state index is 0.0817. The van der Waals surface area contributed by atoms with Gasteiger partial charge in [-0.1, -0.05) is 0 Å². The molecule has 1 saturated heterocycles. The summed E-state index contributed by atoms with van der Waals surface area (Å²) in [5, 5.41) is 5.25. The molecule has 0 atom stereocenters. The van der Waals surface area contributed by atoms with Gasteiger partial charge < -0.3 is 19.8 Å². The van der Waals surface area contributed by atoms with Crippen LogP contribution in [0.2, 0.25) is 0 Å². The molecule has 0 radical (unpaired) electrons. The summed E-state index contributed by atoms with van der Waals surface area (Å²) in [6.07, 6.45) is 2.22. The Labute approximate surface area is 198 Å². The minimum Gasteiger partial charge on any atom is -0.452 e. The lowest BCUT2D eigenvalue weighted by molar-refractivity contribution is -0.274. The molecule has 1 fully saturated rings. The molecule has 35 heavy (non-hydrogen) atoms. The number of aromatic nitrogens is 3. The molecule has 8 nitrogen and oxygen atoms in total. The minimum atomic E-state index is -4.76. The van der Waals surface area contributed by atoms with E-state index < -0.39 is 6.36 Å². The number of fused-ring (bicyclic) bond motifs is 1. The van der Waals surface area contributed by atoms with Crippen LogP contribution in [0.15, 0.2) is 53.3 Å². The number of likely N-dealkylation sites (tertiary alicyclic amines) is 1. The Hall–Kier alpha value is -4.02. The number of pyridine rings is 1. The van der Waals surface area contributed by atoms with Gasteiger partial charge in [-0.3, -0.25) is 9.48 Å². The Kier molecular flexibility index (Phi) is 5.62. The van der Waals surface area contributed by atoms with Gasteiger partial charge in [0.25, 0.3) is 0 Å². The van der Waals surface area contributed by atoms with E-state index in [-0.39, 0.29) is 23.5 Å². The number of piperidine rings is 1. The highest BCUT2D eigenvalue weighted by molar-refractivity contribution is 6.00. The summed E-state index contributed by atoms with van der Waals surface area (Å²) in [6, 6.07) is 7.38. The van der Waals surface area contributed by atoms with Gasteiger partial charge in [0, 0.05) is 54.5 Å². The first-order valence-corrected chi connectivity index (χ1v) is 11.0. The number of nitrogen functional groups attached to an aromatic ring is 1. The van der Waals surface area contributed by atoms with Gasteiger partial charge in [0.2, 0.25) is 5.91 Å². The molecule has 182 valence electrons. The molecular formula is C24H22F3N5O3. The van der Waals surface area contributed by atoms with Crippen molar-refractivity contribution in [2.75, 3.05) is 18.8 Å². The Balaban J connectivity index is 1.43. The number of rotatable bonds is 4. The van der Waals surface area contributed by atoms with Crippen molar-refractivity contribution in [1.29, 1.82) is 0 Å². The van der Waals surface area contributed by atoms with Crippen LogP contribution in [0.3, 0.4) is 0 Å². The fourth-order valence-electron chi connectivity index (χ4n) is 4.36. The molecule has 3 aromatic heterocycles. The monoisotopic (exact) mass is 485 g/mol. The molecular weight excluding hydrogens is 463 g/mol. The predicted octanol–water partition coefficient (Wildman–Crippen LogP) is 5.02. The zero-order valence-electron chi connectivity index (χ0n) is 18.7. The Morgan fingerprint density at radius 1 is 1.14 bits per heavy atom. The van der Waals surface area contributed by atoms with Crippen molar-refractivity contribution in [2.24, 2.45) is 0 Å². The van der Waals surface area contributed by atoms with E-state index in [1.54, 1.807) is 25.4 Å². The summed E-state index contributed by atoms with van der Waals surface area (Å²) >= 11 is 0. The summed E-state index contributed by atoms with van der Waals surface area (Å²) in [5.41, 5.74) is 8.60. The third-order valence-electron chi connectivity index (χ3n) is 6.16. The van der Waals surface area contributed by atoms with Crippen molar-refractivity contribution >= 4 is 22.7 Å². The zero-order valence-corrected chi connectivity index (χ0v) is 18.7. The number of halogens is 3. The summed E-state index contributed by atoms with van der Waals surface area (Å²) < 4.78 is 49.1. The normalized spacial score (nSPS) is 15.0. The quantitative estimate of drug-likeness (QED) is 0.436. The Bertz CT molecular complexity index is 1370. The van der Waals surface area contributed by atoms with Gasteiger partial charge in [-0.15, -0.1) is 13.2 Å². The second-order valence-electron chi connectivity index (χ2n) is 8.43. The largest absolute Gasteiger partial charge is 0.573 e. The van der Waals surface area contributed by atoms with Crippen LogP contribution in [0.4, 0.5) is 19.0 Å². The summed E-state index contributed by atoms with van der Waals surface area (Å²) in [6.45, 7) is 2.97. The van der Waals surface area contributed by atoms with E-state index in [2.05, 4.69) is 14.8 Å². The number of alkyl halides is 3. The average molecular weight is 485 g/mol. The van der Waals surface area contributed by atoms with Crippen molar-refractivity contribution in [3.05, 3.63) is 48.9 Å². The standard InChI is InChI=1S/C24H22F3N5O3/c1-14(33)31-8-6-17(7-9-31)32-13-16(11-30-32)20-12-29-23(28)22-19(20)10-21(34-22)15-2-4-18(5-3-15)35-24(25,26)27/h2-5,10-13,17H,6-9H2,1H3,(H2,28,29). The molecule has 4 heterocycles. The Morgan fingerprint density at radius 2 is 1.86 bits per heavy atom. The number of carbonyl (C=O) groups is 1. The zero-order chi connectivity index (χ0) is 24.7. The number of carbonyl (C=O) groups excluding carboxylic acids is 1. The molecule has 0 spiro atoms. The second kappa shape index (κ2) is 8.64. The third kappa shape index (κ3) is 4.66. The van der Waals surface area contributed by atoms with E-state index in [0.717, 1.165) is 24.0 Å². The fourth-order valence-corrected chi connectivity index (χ4v) is 4.36. The smallest absolute Gasteiger partial charge is 0.452 e. The van der Waals surface area contributed by atoms with E-state index in [9.17, 15) is 18.0 Å². The van der Waals surface area contributed by atoms with Crippen LogP contribution in [0, 0.1) is 0 Å². The number of hydrogen-bond acceptors (Lipinski definition) is 6. The Morgan fingerprint density at radius 3 is 2.51 bits per heavy atom. The first kappa shape index (κ1) is 22.8. The lowest BCUT2D eigenvalue weighted by Crippen LogP contribution is -2.37. The average Bonchev–Trinajstić information content (AvgIpc) is 3.48. The number of ether oxygens (including phenoxy) is 1. The summed E-state index contributed by atoms with van der Waals surface area (Å²) in [4.78, 5) is 17.7. The molecule has 11 heteroatoms. The first-order valence-electron chi connectivity index (χ1n) is 11.0. The third-order valence-corrected chi connectivity index (χ3v) is 6.16. The maximum absolute atomic E-state index is 12.4. The van der Waals surface area contributed by atoms with Gasteiger partial charge in [0.05, 0.1) is 12.2 Å². The van der Waals surface area contributed by atoms with Gasteiger partial charge in [0.15, 0.2) is 11.4 Å². The predicted molar refractivity (Wildman–Crippen MR) is 122 cm³/mol. The topological polar surface area (TPSA) is 99.4 Å². The van der Waals surface area contributed by atoms with Gasteiger partial charge >= 0.3 is 6.36 Å². The summed E-state index contributed by atoms with van der Waals surface area (Å²) in [5.74, 6) is 0.401. The number of furan rings is 1. The van der Waals surface area contributed by atoms with E-state index >= 15 is 0 Å². The first-order chi connectivity index (χ1) is 16.7. The number of amides is 1. The highest BCUT2D eigenvalue weighted by Crippen LogP contribution is 2.37. The van der Waals surface area contributed by atoms with Crippen LogP contribution in [0.5, 0.6) is 5.75 Å². The van der Waals surface area contributed by atoms with Crippen molar-refractivity contribution in [1.82, 2.24) is 19.7 Å². The number of nitrogens with zero attached hydrogens (tertiary/aromatic N) is 4. The molecule has 5 rings (SSSR count). The molecule has 2 N–H and O–H groups in total. The van der Waals surface area contributed by atoms with Gasteiger partial charge in [-0.05, 0) is 43.2 Å². The molecule has 1 aliphatic rings. The molecule has 0 bridgehead atoms. The van der Waals surface area contributed by atoms with Crippen LogP contribution < -0.4 is 10.5 Å². The van der Waals surface area contributed by atoms with Crippen molar-refractivity contribution in [3.63, 3.8) is 0 Å². The maximum atomic E-state index is 12.4. The molecule has 0 aliphatic carbocycles. The van der Waals surface area contributed by atoms with Gasteiger partial charge in [-0.25, -0.2) is 4.98 Å². The van der Waals surface area contributed by atoms with Crippen LogP contribution in [0.1, 0.15) is 25.8 Å². The van der Waals surface area contributed by atoms with Crippen LogP contribution >= 0.6 is 0 Å². The van der Waals surface area contributed by atoms with Crippen molar-refractivity contribution in [2.45, 2.75) is 32.2 Å². The number of benzene rings is 1. The van der Waals surface area contributed by atoms with E-state index in [0.29, 0.717) is 35.4 Å². The van der Waals surface area contributed by atoms with Crippen molar-refractivity contribution in [3.8, 4) is 28.2 Å². The number of hydrogen-bond donors (Lipinski definition) is 1. The lowest BCUT2D eigenvalue weighted by atomic mass is 10.0. The van der Waals surface area contributed by atoms with Gasteiger partial charge in [-0.2, -0.15) is 5.10 Å². The van der Waals surface area contributed by atoms with Crippen LogP contribution in [-0.4, -0.2) is 45.0 Å². The molecule has 1 aromatic carbocycles. The van der Waals surface area contributed by atoms with E-state index in [1.807, 2.05) is 15.8 Å². The summed E-state index contributed by atoms with van der Waals surface area (Å²) in [7, 11) is 0.